The number of alkyl halides is 6. The number of rotatable bonds is 11. The molecule has 272 valence electrons. The first-order chi connectivity index (χ1) is 23.9. The van der Waals surface area contributed by atoms with Crippen LogP contribution in [0.5, 0.6) is 17.2 Å². The summed E-state index contributed by atoms with van der Waals surface area (Å²) in [4.78, 5) is 40.2. The van der Waals surface area contributed by atoms with Crippen molar-refractivity contribution in [3.63, 3.8) is 0 Å². The number of phenolic OH excluding ortho intramolecular Hbond substituents is 1. The van der Waals surface area contributed by atoms with Gasteiger partial charge in [-0.15, -0.1) is 0 Å². The molecule has 1 atom stereocenters. The molecule has 16 heteroatoms. The Hall–Kier alpha value is -5.25. The number of hydrogen-bond donors (Lipinski definition) is 3. The predicted molar refractivity (Wildman–Crippen MR) is 167 cm³/mol. The van der Waals surface area contributed by atoms with Gasteiger partial charge in [0.1, 0.15) is 35.5 Å². The second kappa shape index (κ2) is 13.8. The number of ether oxygens (including phenoxy) is 3. The van der Waals surface area contributed by atoms with Crippen molar-refractivity contribution in [3.05, 3.63) is 101 Å². The molecule has 2 aliphatic heterocycles. The molecule has 1 unspecified atom stereocenters. The minimum absolute atomic E-state index is 0.0124. The molecular weight excluding hydrogens is 690 g/mol. The zero-order chi connectivity index (χ0) is 37.4. The lowest BCUT2D eigenvalue weighted by molar-refractivity contribution is -0.376. The van der Waals surface area contributed by atoms with Gasteiger partial charge in [-0.2, -0.15) is 26.3 Å². The molecule has 5 rings (SSSR count). The Bertz CT molecular complexity index is 1850. The SMILES string of the molecule is CCCc1cc(C(O)(C(F)(F)F)C(F)(F)F)ccc1Oc1ccc(C(=O)CN2C(=O)NC(C)(C3=COC=C(CC4=CC=CCC4)O3)C2=O)c(O)c1. The Kier molecular flexibility index (Phi) is 10.0. The monoisotopic (exact) mass is 722 g/mol. The van der Waals surface area contributed by atoms with Gasteiger partial charge in [-0.25, -0.2) is 4.79 Å². The smallest absolute Gasteiger partial charge is 0.430 e. The Morgan fingerprint density at radius 1 is 1.06 bits per heavy atom. The number of Topliss-reactive ketones (excluding diaryl/α,β-unsaturated/α-hetero) is 1. The number of carbonyl (C=O) groups is 3. The fourth-order valence-corrected chi connectivity index (χ4v) is 5.71. The number of carbonyl (C=O) groups excluding carboxylic acids is 3. The molecule has 0 bridgehead atoms. The first-order valence-corrected chi connectivity index (χ1v) is 15.6. The molecule has 3 amide bonds. The van der Waals surface area contributed by atoms with Crippen molar-refractivity contribution >= 4 is 17.7 Å². The van der Waals surface area contributed by atoms with Gasteiger partial charge in [-0.05, 0) is 56.0 Å². The lowest BCUT2D eigenvalue weighted by atomic mass is 9.90. The van der Waals surface area contributed by atoms with Crippen LogP contribution in [-0.4, -0.2) is 57.3 Å². The van der Waals surface area contributed by atoms with Gasteiger partial charge in [0.25, 0.3) is 11.5 Å². The molecule has 1 saturated heterocycles. The number of urea groups is 1. The van der Waals surface area contributed by atoms with Gasteiger partial charge >= 0.3 is 18.4 Å². The van der Waals surface area contributed by atoms with Crippen LogP contribution in [0.3, 0.4) is 0 Å². The van der Waals surface area contributed by atoms with E-state index >= 15 is 0 Å². The van der Waals surface area contributed by atoms with Crippen molar-refractivity contribution in [1.29, 1.82) is 0 Å². The number of aliphatic hydroxyl groups is 1. The van der Waals surface area contributed by atoms with Crippen molar-refractivity contribution in [1.82, 2.24) is 10.2 Å². The summed E-state index contributed by atoms with van der Waals surface area (Å²) >= 11 is 0. The van der Waals surface area contributed by atoms with Crippen LogP contribution >= 0.6 is 0 Å². The Labute approximate surface area is 287 Å². The highest BCUT2D eigenvalue weighted by molar-refractivity contribution is 6.12. The molecule has 0 aromatic heterocycles. The van der Waals surface area contributed by atoms with E-state index in [0.29, 0.717) is 29.2 Å². The molecule has 2 heterocycles. The standard InChI is InChI=1S/C35H32F6N2O8/c1-3-7-21-15-22(33(48,34(36,37)38)35(39,40)41)10-13-28(21)50-23-11-12-25(26(44)16-23)27(45)17-43-30(46)32(2,42-31(43)47)29-19-49-18-24(51-29)14-20-8-5-4-6-9-20/h4-5,8,10-13,15-16,18-19,44,48H,3,6-7,9,14,17H2,1-2H3,(H,42,47). The number of aryl methyl sites for hydroxylation is 1. The molecule has 10 nitrogen and oxygen atoms in total. The van der Waals surface area contributed by atoms with Crippen LogP contribution in [0, 0.1) is 0 Å². The second-order valence-electron chi connectivity index (χ2n) is 12.2. The summed E-state index contributed by atoms with van der Waals surface area (Å²) in [6.07, 6.45) is -1.39. The van der Waals surface area contributed by atoms with Crippen molar-refractivity contribution in [3.8, 4) is 17.2 Å². The molecule has 3 aliphatic rings. The summed E-state index contributed by atoms with van der Waals surface area (Å²) in [5.41, 5.74) is -7.66. The van der Waals surface area contributed by atoms with Crippen LogP contribution in [0.15, 0.2) is 84.2 Å². The summed E-state index contributed by atoms with van der Waals surface area (Å²) in [6, 6.07) is 4.17. The van der Waals surface area contributed by atoms with Crippen LogP contribution in [0.4, 0.5) is 31.1 Å². The third-order valence-electron chi connectivity index (χ3n) is 8.50. The first-order valence-electron chi connectivity index (χ1n) is 15.6. The fraction of sp³-hybridized carbons (Fsp3) is 0.343. The number of nitrogens with zero attached hydrogens (tertiary/aromatic N) is 1. The quantitative estimate of drug-likeness (QED) is 0.125. The van der Waals surface area contributed by atoms with E-state index in [1.807, 2.05) is 18.2 Å². The van der Waals surface area contributed by atoms with Gasteiger partial charge in [-0.3, -0.25) is 14.5 Å². The Balaban J connectivity index is 1.29. The molecule has 0 saturated carbocycles. The van der Waals surface area contributed by atoms with Gasteiger partial charge in [0, 0.05) is 18.1 Å². The topological polar surface area (TPSA) is 135 Å². The van der Waals surface area contributed by atoms with Crippen LogP contribution in [0.25, 0.3) is 0 Å². The number of nitrogens with one attached hydrogen (secondary N) is 1. The highest BCUT2D eigenvalue weighted by Gasteiger charge is 2.71. The maximum atomic E-state index is 13.5. The summed E-state index contributed by atoms with van der Waals surface area (Å²) in [7, 11) is 0. The molecular formula is C35H32F6N2O8. The van der Waals surface area contributed by atoms with Crippen LogP contribution < -0.4 is 10.1 Å². The highest BCUT2D eigenvalue weighted by atomic mass is 19.4. The molecule has 2 aromatic carbocycles. The predicted octanol–water partition coefficient (Wildman–Crippen LogP) is 7.34. The van der Waals surface area contributed by atoms with E-state index in [9.17, 15) is 50.9 Å². The van der Waals surface area contributed by atoms with Crippen LogP contribution in [0.2, 0.25) is 0 Å². The lowest BCUT2D eigenvalue weighted by Gasteiger charge is -2.33. The number of amides is 3. The van der Waals surface area contributed by atoms with Crippen molar-refractivity contribution in [2.24, 2.45) is 0 Å². The largest absolute Gasteiger partial charge is 0.507 e. The maximum absolute atomic E-state index is 13.5. The highest BCUT2D eigenvalue weighted by Crippen LogP contribution is 2.51. The van der Waals surface area contributed by atoms with E-state index in [-0.39, 0.29) is 41.2 Å². The molecule has 0 spiro atoms. The lowest BCUT2D eigenvalue weighted by Crippen LogP contribution is -2.53. The molecule has 0 radical (unpaired) electrons. The van der Waals surface area contributed by atoms with Gasteiger partial charge in [0.2, 0.25) is 0 Å². The molecule has 3 N–H and O–H groups in total. The van der Waals surface area contributed by atoms with Crippen LogP contribution in [0.1, 0.15) is 61.0 Å². The number of benzene rings is 2. The van der Waals surface area contributed by atoms with Gasteiger partial charge < -0.3 is 29.7 Å². The number of phenols is 1. The van der Waals surface area contributed by atoms with Gasteiger partial charge in [0.15, 0.2) is 17.1 Å². The third kappa shape index (κ3) is 7.18. The van der Waals surface area contributed by atoms with Gasteiger partial charge in [-0.1, -0.05) is 43.2 Å². The van der Waals surface area contributed by atoms with Crippen molar-refractivity contribution < 1.29 is 65.1 Å². The third-order valence-corrected chi connectivity index (χ3v) is 8.50. The number of aromatic hydroxyl groups is 1. The summed E-state index contributed by atoms with van der Waals surface area (Å²) in [5.74, 6) is -2.26. The average Bonchev–Trinajstić information content (AvgIpc) is 3.28. The molecule has 2 aromatic rings. The first kappa shape index (κ1) is 37.0. The van der Waals surface area contributed by atoms with Crippen molar-refractivity contribution in [2.45, 2.75) is 69.4 Å². The van der Waals surface area contributed by atoms with E-state index in [0.717, 1.165) is 36.6 Å². The summed E-state index contributed by atoms with van der Waals surface area (Å²) < 4.78 is 97.7. The van der Waals surface area contributed by atoms with E-state index in [2.05, 4.69) is 5.32 Å². The Morgan fingerprint density at radius 2 is 1.78 bits per heavy atom. The second-order valence-corrected chi connectivity index (χ2v) is 12.2. The molecule has 1 aliphatic carbocycles. The molecule has 51 heavy (non-hydrogen) atoms. The van der Waals surface area contributed by atoms with E-state index in [1.54, 1.807) is 6.92 Å². The zero-order valence-electron chi connectivity index (χ0n) is 27.2. The Morgan fingerprint density at radius 3 is 2.41 bits per heavy atom. The number of halogens is 6. The summed E-state index contributed by atoms with van der Waals surface area (Å²) in [5, 5.41) is 23.0. The number of hydrogen-bond acceptors (Lipinski definition) is 8. The number of ketones is 1. The zero-order valence-corrected chi connectivity index (χ0v) is 27.2. The minimum atomic E-state index is -6.08. The van der Waals surface area contributed by atoms with Crippen LogP contribution in [-0.2, 0) is 26.3 Å². The number of allylic oxidation sites excluding steroid dienone is 4. The van der Waals surface area contributed by atoms with Gasteiger partial charge in [0.05, 0.1) is 12.1 Å². The number of imide groups is 1. The normalized spacial score (nSPS) is 19.5. The molecule has 1 fully saturated rings. The fourth-order valence-electron chi connectivity index (χ4n) is 5.71. The minimum Gasteiger partial charge on any atom is -0.507 e. The van der Waals surface area contributed by atoms with E-state index in [1.165, 1.54) is 25.5 Å². The van der Waals surface area contributed by atoms with Crippen molar-refractivity contribution in [2.75, 3.05) is 6.54 Å². The van der Waals surface area contributed by atoms with E-state index < -0.39 is 59.1 Å². The maximum Gasteiger partial charge on any atom is 0.430 e. The average molecular weight is 723 g/mol. The van der Waals surface area contributed by atoms with E-state index in [4.69, 9.17) is 14.2 Å². The summed E-state index contributed by atoms with van der Waals surface area (Å²) in [6.45, 7) is 2.22.